The highest BCUT2D eigenvalue weighted by Gasteiger charge is 2.15. The summed E-state index contributed by atoms with van der Waals surface area (Å²) >= 11 is 3.54. The standard InChI is InChI=1S/C20H19BrN2O/c1-11-8-9-15-6-5-7-18(19(15)22-11)23-20(24)16-10-17(21)14(4)12(2)13(16)3/h5-10H,1-4H3,(H,23,24). The van der Waals surface area contributed by atoms with E-state index in [0.29, 0.717) is 5.56 Å². The Morgan fingerprint density at radius 3 is 2.50 bits per heavy atom. The van der Waals surface area contributed by atoms with Crippen LogP contribution in [0.5, 0.6) is 0 Å². The highest BCUT2D eigenvalue weighted by molar-refractivity contribution is 9.10. The van der Waals surface area contributed by atoms with Gasteiger partial charge in [0.25, 0.3) is 5.91 Å². The monoisotopic (exact) mass is 382 g/mol. The van der Waals surface area contributed by atoms with E-state index in [-0.39, 0.29) is 5.91 Å². The zero-order chi connectivity index (χ0) is 17.4. The van der Waals surface area contributed by atoms with E-state index in [4.69, 9.17) is 0 Å². The van der Waals surface area contributed by atoms with Gasteiger partial charge in [-0.25, -0.2) is 0 Å². The van der Waals surface area contributed by atoms with Gasteiger partial charge in [0.05, 0.1) is 11.2 Å². The number of hydrogen-bond acceptors (Lipinski definition) is 2. The van der Waals surface area contributed by atoms with Crippen LogP contribution in [0.3, 0.4) is 0 Å². The highest BCUT2D eigenvalue weighted by atomic mass is 79.9. The lowest BCUT2D eigenvalue weighted by atomic mass is 9.98. The number of fused-ring (bicyclic) bond motifs is 1. The minimum atomic E-state index is -0.118. The molecule has 0 aliphatic heterocycles. The molecule has 0 radical (unpaired) electrons. The maximum absolute atomic E-state index is 12.8. The Balaban J connectivity index is 2.04. The first kappa shape index (κ1) is 16.7. The molecule has 0 fully saturated rings. The second-order valence-corrected chi connectivity index (χ2v) is 6.92. The van der Waals surface area contributed by atoms with Gasteiger partial charge in [0.2, 0.25) is 0 Å². The van der Waals surface area contributed by atoms with E-state index in [2.05, 4.69) is 26.2 Å². The van der Waals surface area contributed by atoms with Gasteiger partial charge in [0.1, 0.15) is 0 Å². The van der Waals surface area contributed by atoms with Gasteiger partial charge >= 0.3 is 0 Å². The van der Waals surface area contributed by atoms with Gasteiger partial charge in [-0.05, 0) is 62.6 Å². The number of hydrogen-bond donors (Lipinski definition) is 1. The van der Waals surface area contributed by atoms with Crippen molar-refractivity contribution in [3.05, 3.63) is 68.8 Å². The number of benzene rings is 2. The second-order valence-electron chi connectivity index (χ2n) is 6.06. The van der Waals surface area contributed by atoms with Crippen LogP contribution in [0.4, 0.5) is 5.69 Å². The van der Waals surface area contributed by atoms with Crippen molar-refractivity contribution in [3.63, 3.8) is 0 Å². The minimum Gasteiger partial charge on any atom is -0.320 e. The number of rotatable bonds is 2. The lowest BCUT2D eigenvalue weighted by Crippen LogP contribution is -2.15. The van der Waals surface area contributed by atoms with Crippen LogP contribution in [0.1, 0.15) is 32.7 Å². The van der Waals surface area contributed by atoms with Gasteiger partial charge in [-0.2, -0.15) is 0 Å². The van der Waals surface area contributed by atoms with Crippen LogP contribution in [-0.4, -0.2) is 10.9 Å². The normalized spacial score (nSPS) is 10.9. The number of carbonyl (C=O) groups excluding carboxylic acids is 1. The molecule has 1 heterocycles. The fraction of sp³-hybridized carbons (Fsp3) is 0.200. The Morgan fingerprint density at radius 1 is 1.00 bits per heavy atom. The lowest BCUT2D eigenvalue weighted by Gasteiger charge is -2.14. The molecule has 3 nitrogen and oxygen atoms in total. The Hall–Kier alpha value is -2.20. The van der Waals surface area contributed by atoms with Gasteiger partial charge in [-0.15, -0.1) is 0 Å². The van der Waals surface area contributed by atoms with Crippen molar-refractivity contribution >= 4 is 38.4 Å². The number of aryl methyl sites for hydroxylation is 1. The van der Waals surface area contributed by atoms with E-state index in [1.165, 1.54) is 0 Å². The average Bonchev–Trinajstić information content (AvgIpc) is 2.56. The van der Waals surface area contributed by atoms with Crippen molar-refractivity contribution in [1.82, 2.24) is 4.98 Å². The molecule has 24 heavy (non-hydrogen) atoms. The molecule has 2 aromatic carbocycles. The fourth-order valence-electron chi connectivity index (χ4n) is 2.78. The summed E-state index contributed by atoms with van der Waals surface area (Å²) in [6.45, 7) is 8.01. The first-order valence-corrected chi connectivity index (χ1v) is 8.62. The van der Waals surface area contributed by atoms with Crippen LogP contribution in [0, 0.1) is 27.7 Å². The molecule has 0 spiro atoms. The zero-order valence-corrected chi connectivity index (χ0v) is 15.8. The van der Waals surface area contributed by atoms with Crippen LogP contribution >= 0.6 is 15.9 Å². The molecule has 0 aliphatic rings. The third-order valence-corrected chi connectivity index (χ3v) is 5.33. The molecule has 3 aromatic rings. The van der Waals surface area contributed by atoms with Crippen molar-refractivity contribution < 1.29 is 4.79 Å². The first-order valence-electron chi connectivity index (χ1n) is 7.82. The van der Waals surface area contributed by atoms with Crippen molar-refractivity contribution in [3.8, 4) is 0 Å². The summed E-state index contributed by atoms with van der Waals surface area (Å²) in [5, 5.41) is 4.03. The maximum Gasteiger partial charge on any atom is 0.256 e. The number of amides is 1. The average molecular weight is 383 g/mol. The second kappa shape index (κ2) is 6.36. The van der Waals surface area contributed by atoms with E-state index in [9.17, 15) is 4.79 Å². The van der Waals surface area contributed by atoms with Crippen LogP contribution in [0.2, 0.25) is 0 Å². The fourth-order valence-corrected chi connectivity index (χ4v) is 3.30. The molecular formula is C20H19BrN2O. The predicted molar refractivity (Wildman–Crippen MR) is 103 cm³/mol. The Bertz CT molecular complexity index is 964. The molecule has 1 aromatic heterocycles. The van der Waals surface area contributed by atoms with Gasteiger partial charge in [0, 0.05) is 21.1 Å². The topological polar surface area (TPSA) is 42.0 Å². The molecular weight excluding hydrogens is 364 g/mol. The molecule has 3 rings (SSSR count). The number of aromatic nitrogens is 1. The third-order valence-electron chi connectivity index (χ3n) is 4.51. The highest BCUT2D eigenvalue weighted by Crippen LogP contribution is 2.27. The summed E-state index contributed by atoms with van der Waals surface area (Å²) in [7, 11) is 0. The van der Waals surface area contributed by atoms with Crippen LogP contribution in [-0.2, 0) is 0 Å². The number of para-hydroxylation sites is 1. The molecule has 4 heteroatoms. The van der Waals surface area contributed by atoms with Gasteiger partial charge in [-0.1, -0.05) is 34.1 Å². The van der Waals surface area contributed by atoms with E-state index < -0.39 is 0 Å². The van der Waals surface area contributed by atoms with Gasteiger partial charge < -0.3 is 5.32 Å². The number of nitrogens with one attached hydrogen (secondary N) is 1. The van der Waals surface area contributed by atoms with E-state index in [1.54, 1.807) is 0 Å². The molecule has 0 bridgehead atoms. The van der Waals surface area contributed by atoms with Gasteiger partial charge in [0.15, 0.2) is 0 Å². The molecule has 0 unspecified atom stereocenters. The van der Waals surface area contributed by atoms with E-state index in [0.717, 1.165) is 43.4 Å². The smallest absolute Gasteiger partial charge is 0.256 e. The number of nitrogens with zero attached hydrogens (tertiary/aromatic N) is 1. The van der Waals surface area contributed by atoms with Crippen molar-refractivity contribution in [2.75, 3.05) is 5.32 Å². The van der Waals surface area contributed by atoms with Gasteiger partial charge in [-0.3, -0.25) is 9.78 Å². The van der Waals surface area contributed by atoms with Crippen molar-refractivity contribution in [2.24, 2.45) is 0 Å². The summed E-state index contributed by atoms with van der Waals surface area (Å²) < 4.78 is 0.947. The molecule has 0 saturated carbocycles. The Kier molecular flexibility index (Phi) is 4.41. The Morgan fingerprint density at radius 2 is 1.75 bits per heavy atom. The molecule has 0 aliphatic carbocycles. The molecule has 0 atom stereocenters. The number of pyridine rings is 1. The zero-order valence-electron chi connectivity index (χ0n) is 14.2. The molecule has 1 amide bonds. The quantitative estimate of drug-likeness (QED) is 0.636. The van der Waals surface area contributed by atoms with Crippen LogP contribution in [0.15, 0.2) is 40.9 Å². The summed E-state index contributed by atoms with van der Waals surface area (Å²) in [6, 6.07) is 11.7. The van der Waals surface area contributed by atoms with Crippen LogP contribution in [0.25, 0.3) is 10.9 Å². The first-order chi connectivity index (χ1) is 11.4. The summed E-state index contributed by atoms with van der Waals surface area (Å²) in [4.78, 5) is 17.4. The van der Waals surface area contributed by atoms with Crippen molar-refractivity contribution in [2.45, 2.75) is 27.7 Å². The summed E-state index contributed by atoms with van der Waals surface area (Å²) in [6.07, 6.45) is 0. The predicted octanol–water partition coefficient (Wildman–Crippen LogP) is 5.48. The van der Waals surface area contributed by atoms with E-state index in [1.807, 2.05) is 64.1 Å². The number of carbonyl (C=O) groups is 1. The SMILES string of the molecule is Cc1ccc2cccc(NC(=O)c3cc(Br)c(C)c(C)c3C)c2n1. The minimum absolute atomic E-state index is 0.118. The van der Waals surface area contributed by atoms with E-state index >= 15 is 0 Å². The lowest BCUT2D eigenvalue weighted by molar-refractivity contribution is 0.102. The van der Waals surface area contributed by atoms with Crippen LogP contribution < -0.4 is 5.32 Å². The third kappa shape index (κ3) is 2.94. The molecule has 122 valence electrons. The number of halogens is 1. The molecule has 1 N–H and O–H groups in total. The Labute approximate surface area is 150 Å². The maximum atomic E-state index is 12.8. The molecule has 0 saturated heterocycles. The summed E-state index contributed by atoms with van der Waals surface area (Å²) in [5.74, 6) is -0.118. The number of anilines is 1. The van der Waals surface area contributed by atoms with Crippen molar-refractivity contribution in [1.29, 1.82) is 0 Å². The largest absolute Gasteiger partial charge is 0.320 e. The summed E-state index contributed by atoms with van der Waals surface area (Å²) in [5.41, 5.74) is 6.43.